The number of ether oxygens (including phenoxy) is 1. The van der Waals surface area contributed by atoms with Crippen LogP contribution in [-0.2, 0) is 21.1 Å². The third kappa shape index (κ3) is 5.26. The number of amides is 3. The molecular formula is C31H37BrN6O5S. The maximum atomic E-state index is 14.4. The molecule has 0 aliphatic carbocycles. The first-order valence-corrected chi connectivity index (χ1v) is 16.8. The number of nitrogens with zero attached hydrogens (tertiary/aromatic N) is 4. The van der Waals surface area contributed by atoms with Crippen molar-refractivity contribution in [3.8, 4) is 5.75 Å². The summed E-state index contributed by atoms with van der Waals surface area (Å²) in [7, 11) is 0. The molecule has 3 amide bonds. The van der Waals surface area contributed by atoms with Crippen LogP contribution in [0.1, 0.15) is 33.6 Å². The van der Waals surface area contributed by atoms with Crippen LogP contribution in [0.15, 0.2) is 48.5 Å². The van der Waals surface area contributed by atoms with Gasteiger partial charge in [0.15, 0.2) is 0 Å². The van der Waals surface area contributed by atoms with E-state index in [9.17, 15) is 19.5 Å². The molecule has 3 aliphatic heterocycles. The molecule has 3 saturated heterocycles. The van der Waals surface area contributed by atoms with E-state index in [1.165, 1.54) is 0 Å². The van der Waals surface area contributed by atoms with Crippen molar-refractivity contribution in [2.75, 3.05) is 18.5 Å². The van der Waals surface area contributed by atoms with E-state index in [4.69, 9.17) is 4.74 Å². The molecule has 11 nitrogen and oxygen atoms in total. The Morgan fingerprint density at radius 3 is 2.64 bits per heavy atom. The topological polar surface area (TPSA) is 139 Å². The second-order valence-corrected chi connectivity index (χ2v) is 14.8. The number of carbonyl (C=O) groups excluding carboxylic acids is 3. The molecule has 3 N–H and O–H groups in total. The van der Waals surface area contributed by atoms with Crippen LogP contribution < -0.4 is 15.4 Å². The van der Waals surface area contributed by atoms with E-state index >= 15 is 0 Å². The molecule has 13 heteroatoms. The van der Waals surface area contributed by atoms with Crippen LogP contribution in [0, 0.1) is 17.8 Å². The summed E-state index contributed by atoms with van der Waals surface area (Å²) < 4.78 is 6.30. The highest BCUT2D eigenvalue weighted by Crippen LogP contribution is 2.68. The Balaban J connectivity index is 1.31. The van der Waals surface area contributed by atoms with Crippen LogP contribution in [0.3, 0.4) is 0 Å². The van der Waals surface area contributed by atoms with Crippen molar-refractivity contribution in [3.05, 3.63) is 48.5 Å². The van der Waals surface area contributed by atoms with E-state index in [2.05, 4.69) is 36.9 Å². The van der Waals surface area contributed by atoms with Gasteiger partial charge in [0.2, 0.25) is 17.7 Å². The number of thioether (sulfide) groups is 1. The van der Waals surface area contributed by atoms with Gasteiger partial charge >= 0.3 is 0 Å². The average Bonchev–Trinajstić information content (AvgIpc) is 3.72. The number of aromatic nitrogens is 3. The number of para-hydroxylation sites is 1. The second kappa shape index (κ2) is 12.3. The number of nitrogens with one attached hydrogen (secondary N) is 2. The fraction of sp³-hybridized carbons (Fsp3) is 0.516. The average molecular weight is 686 g/mol. The molecule has 3 fully saturated rings. The van der Waals surface area contributed by atoms with Crippen molar-refractivity contribution in [1.82, 2.24) is 25.2 Å². The van der Waals surface area contributed by atoms with E-state index in [1.54, 1.807) is 45.6 Å². The predicted octanol–water partition coefficient (Wildman–Crippen LogP) is 3.41. The van der Waals surface area contributed by atoms with E-state index in [1.807, 2.05) is 45.0 Å². The van der Waals surface area contributed by atoms with Gasteiger partial charge in [0.1, 0.15) is 24.0 Å². The van der Waals surface area contributed by atoms with Crippen molar-refractivity contribution in [3.63, 3.8) is 0 Å². The first kappa shape index (κ1) is 30.8. The Bertz CT molecular complexity index is 1550. The fourth-order valence-corrected chi connectivity index (χ4v) is 10.8. The van der Waals surface area contributed by atoms with E-state index in [-0.39, 0.29) is 47.0 Å². The summed E-state index contributed by atoms with van der Waals surface area (Å²) in [5, 5.41) is 24.7. The number of halogens is 1. The molecule has 1 aromatic heterocycles. The number of aliphatic hydroxyl groups is 1. The lowest BCUT2D eigenvalue weighted by molar-refractivity contribution is -0.142. The molecule has 234 valence electrons. The van der Waals surface area contributed by atoms with Crippen LogP contribution in [0.2, 0.25) is 0 Å². The summed E-state index contributed by atoms with van der Waals surface area (Å²) in [6.07, 6.45) is 1.07. The Labute approximate surface area is 268 Å². The minimum absolute atomic E-state index is 0.0695. The van der Waals surface area contributed by atoms with Gasteiger partial charge in [-0.25, -0.2) is 4.68 Å². The summed E-state index contributed by atoms with van der Waals surface area (Å²) in [5.74, 6) is -1.33. The minimum atomic E-state index is -0.871. The van der Waals surface area contributed by atoms with Crippen LogP contribution in [0.4, 0.5) is 5.69 Å². The standard InChI is InChI=1S/C31H37BrN6O5S/c1-4-43-20-11-9-18(10-12-20)34-28(40)24-25-30(42)38(19(15-39)13-17(2)3)27(31(25)14-21(32)26(24)44-31)29(41)33-16-37-23-8-6-5-7-22(23)35-36-37/h5-12,17,19,21,24-27,39H,4,13-16H2,1-3H3,(H,33,41)(H,34,40)/t19-,21?,24+,25+,26+,27?,31?/m1/s1. The fourth-order valence-electron chi connectivity index (χ4n) is 7.19. The molecular weight excluding hydrogens is 648 g/mol. The molecule has 44 heavy (non-hydrogen) atoms. The molecule has 2 aromatic carbocycles. The first-order valence-electron chi connectivity index (χ1n) is 15.0. The molecule has 3 unspecified atom stereocenters. The highest BCUT2D eigenvalue weighted by Gasteiger charge is 2.76. The monoisotopic (exact) mass is 684 g/mol. The largest absolute Gasteiger partial charge is 0.494 e. The van der Waals surface area contributed by atoms with Gasteiger partial charge in [-0.15, -0.1) is 16.9 Å². The van der Waals surface area contributed by atoms with Gasteiger partial charge in [-0.05, 0) is 62.1 Å². The molecule has 7 atom stereocenters. The molecule has 6 rings (SSSR count). The molecule has 0 radical (unpaired) electrons. The summed E-state index contributed by atoms with van der Waals surface area (Å²) in [4.78, 5) is 44.1. The predicted molar refractivity (Wildman–Crippen MR) is 171 cm³/mol. The lowest BCUT2D eigenvalue weighted by Gasteiger charge is -2.37. The normalized spacial score (nSPS) is 28.0. The van der Waals surface area contributed by atoms with Crippen molar-refractivity contribution in [1.29, 1.82) is 0 Å². The van der Waals surface area contributed by atoms with Crippen LogP contribution in [0.5, 0.6) is 5.75 Å². The molecule has 3 aromatic rings. The number of rotatable bonds is 11. The highest BCUT2D eigenvalue weighted by atomic mass is 79.9. The lowest BCUT2D eigenvalue weighted by Crippen LogP contribution is -2.57. The zero-order chi connectivity index (χ0) is 31.2. The second-order valence-electron chi connectivity index (χ2n) is 12.1. The number of alkyl halides is 1. The minimum Gasteiger partial charge on any atom is -0.494 e. The van der Waals surface area contributed by atoms with Crippen LogP contribution in [0.25, 0.3) is 11.0 Å². The third-order valence-corrected chi connectivity index (χ3v) is 12.1. The van der Waals surface area contributed by atoms with Gasteiger partial charge in [0.05, 0.1) is 41.4 Å². The third-order valence-electron chi connectivity index (χ3n) is 8.88. The zero-order valence-electron chi connectivity index (χ0n) is 24.9. The van der Waals surface area contributed by atoms with Gasteiger partial charge in [-0.1, -0.05) is 47.1 Å². The van der Waals surface area contributed by atoms with Crippen molar-refractivity contribution < 1.29 is 24.2 Å². The molecule has 3 aliphatic rings. The van der Waals surface area contributed by atoms with Gasteiger partial charge in [0, 0.05) is 15.8 Å². The summed E-state index contributed by atoms with van der Waals surface area (Å²) in [6.45, 7) is 6.28. The van der Waals surface area contributed by atoms with E-state index in [0.29, 0.717) is 36.4 Å². The molecule has 2 bridgehead atoms. The number of fused-ring (bicyclic) bond motifs is 2. The number of hydrogen-bond donors (Lipinski definition) is 3. The molecule has 0 saturated carbocycles. The maximum absolute atomic E-state index is 14.4. The van der Waals surface area contributed by atoms with Crippen molar-refractivity contribution in [2.45, 2.75) is 67.2 Å². The highest BCUT2D eigenvalue weighted by molar-refractivity contribution is 9.09. The van der Waals surface area contributed by atoms with Crippen LogP contribution in [-0.4, -0.2) is 82.8 Å². The van der Waals surface area contributed by atoms with Gasteiger partial charge < -0.3 is 25.4 Å². The van der Waals surface area contributed by atoms with E-state index < -0.39 is 28.7 Å². The maximum Gasteiger partial charge on any atom is 0.245 e. The number of likely N-dealkylation sites (tertiary alicyclic amines) is 1. The Kier molecular flexibility index (Phi) is 8.64. The van der Waals surface area contributed by atoms with Gasteiger partial charge in [0.25, 0.3) is 0 Å². The summed E-state index contributed by atoms with van der Waals surface area (Å²) in [6, 6.07) is 13.2. The van der Waals surface area contributed by atoms with Gasteiger partial charge in [-0.3, -0.25) is 14.4 Å². The van der Waals surface area contributed by atoms with E-state index in [0.717, 1.165) is 5.52 Å². The Hall–Kier alpha value is -3.16. The SMILES string of the molecule is CCOc1ccc(NC(=O)[C@H]2[C@H]3C(=O)N([C@@H](CO)CC(C)C)C(C(=O)NCn4nnc5ccccc54)C34CC(Br)[C@@H]2S4)cc1. The first-order chi connectivity index (χ1) is 21.2. The van der Waals surface area contributed by atoms with Crippen LogP contribution >= 0.6 is 27.7 Å². The number of hydrogen-bond acceptors (Lipinski definition) is 8. The lowest BCUT2D eigenvalue weighted by atomic mass is 9.70. The van der Waals surface area contributed by atoms with Crippen molar-refractivity contribution in [2.24, 2.45) is 17.8 Å². The smallest absolute Gasteiger partial charge is 0.245 e. The molecule has 1 spiro atoms. The Morgan fingerprint density at radius 2 is 1.93 bits per heavy atom. The van der Waals surface area contributed by atoms with Crippen molar-refractivity contribution >= 4 is 62.1 Å². The summed E-state index contributed by atoms with van der Waals surface area (Å²) >= 11 is 5.37. The molecule has 4 heterocycles. The zero-order valence-corrected chi connectivity index (χ0v) is 27.3. The number of anilines is 1. The Morgan fingerprint density at radius 1 is 1.18 bits per heavy atom. The quantitative estimate of drug-likeness (QED) is 0.261. The number of aliphatic hydroxyl groups excluding tert-OH is 1. The van der Waals surface area contributed by atoms with Gasteiger partial charge in [-0.2, -0.15) is 0 Å². The number of carbonyl (C=O) groups is 3. The summed E-state index contributed by atoms with van der Waals surface area (Å²) in [5.41, 5.74) is 2.10. The number of benzene rings is 2.